The highest BCUT2D eigenvalue weighted by molar-refractivity contribution is 8.13. The SMILES string of the molecule is CCCCCCCCCCCCCC(=O)O[C@@H](COP(=O)(O)OCCO)CSC(=O)CCCCCCCCCCCCC. The van der Waals surface area contributed by atoms with Crippen LogP contribution in [0.2, 0.25) is 0 Å². The molecule has 10 heteroatoms. The molecule has 0 rings (SSSR count). The first-order chi connectivity index (χ1) is 20.8. The first-order valence-electron chi connectivity index (χ1n) is 17.4. The van der Waals surface area contributed by atoms with E-state index in [0.717, 1.165) is 50.3 Å². The molecular weight excluding hydrogens is 587 g/mol. The molecule has 8 nitrogen and oxygen atoms in total. The van der Waals surface area contributed by atoms with Gasteiger partial charge in [0, 0.05) is 18.6 Å². The van der Waals surface area contributed by atoms with Crippen molar-refractivity contribution in [3.63, 3.8) is 0 Å². The molecule has 0 aromatic heterocycles. The van der Waals surface area contributed by atoms with Crippen LogP contribution in [0.3, 0.4) is 0 Å². The van der Waals surface area contributed by atoms with E-state index in [2.05, 4.69) is 18.4 Å². The Balaban J connectivity index is 4.25. The van der Waals surface area contributed by atoms with Gasteiger partial charge < -0.3 is 14.7 Å². The quantitative estimate of drug-likeness (QED) is 0.0406. The van der Waals surface area contributed by atoms with E-state index in [1.54, 1.807) is 0 Å². The summed E-state index contributed by atoms with van der Waals surface area (Å²) >= 11 is 1.07. The Hall–Kier alpha value is -0.440. The van der Waals surface area contributed by atoms with Crippen molar-refractivity contribution < 1.29 is 37.9 Å². The second-order valence-corrected chi connectivity index (χ2v) is 14.2. The number of carbonyl (C=O) groups is 2. The average molecular weight is 653 g/mol. The lowest BCUT2D eigenvalue weighted by Gasteiger charge is -2.19. The average Bonchev–Trinajstić information content (AvgIpc) is 2.99. The summed E-state index contributed by atoms with van der Waals surface area (Å²) in [6.07, 6.45) is 26.3. The second-order valence-electron chi connectivity index (χ2n) is 11.7. The molecule has 0 heterocycles. The fraction of sp³-hybridized carbons (Fsp3) is 0.939. The molecule has 0 fully saturated rings. The first kappa shape index (κ1) is 42.6. The van der Waals surface area contributed by atoms with E-state index >= 15 is 0 Å². The number of carbonyl (C=O) groups excluding carboxylic acids is 2. The Bertz CT molecular complexity index is 694. The molecule has 0 amide bonds. The van der Waals surface area contributed by atoms with Gasteiger partial charge in [-0.2, -0.15) is 0 Å². The molecule has 0 spiro atoms. The molecule has 0 aliphatic rings. The molecule has 2 atom stereocenters. The van der Waals surface area contributed by atoms with Crippen LogP contribution in [0.15, 0.2) is 0 Å². The van der Waals surface area contributed by atoms with Gasteiger partial charge in [0.1, 0.15) is 6.10 Å². The molecular formula is C33H65O8PS. The number of phosphoric ester groups is 1. The van der Waals surface area contributed by atoms with Crippen molar-refractivity contribution in [3.8, 4) is 0 Å². The van der Waals surface area contributed by atoms with E-state index < -0.39 is 26.5 Å². The second kappa shape index (κ2) is 31.5. The molecule has 0 saturated heterocycles. The lowest BCUT2D eigenvalue weighted by Crippen LogP contribution is -2.26. The fourth-order valence-electron chi connectivity index (χ4n) is 4.86. The third-order valence-corrected chi connectivity index (χ3v) is 9.52. The molecule has 0 radical (unpaired) electrons. The van der Waals surface area contributed by atoms with Crippen LogP contribution >= 0.6 is 19.6 Å². The molecule has 0 aromatic rings. The van der Waals surface area contributed by atoms with Gasteiger partial charge in [0.2, 0.25) is 0 Å². The van der Waals surface area contributed by atoms with Crippen molar-refractivity contribution in [2.45, 2.75) is 174 Å². The van der Waals surface area contributed by atoms with Gasteiger partial charge in [-0.3, -0.25) is 18.6 Å². The van der Waals surface area contributed by atoms with E-state index in [-0.39, 0.29) is 30.5 Å². The standard InChI is InChI=1S/C33H65O8PS/c1-3-5-7-9-11-13-15-17-19-21-23-25-32(35)41-31(29-40-42(37,38)39-28-27-34)30-43-33(36)26-24-22-20-18-16-14-12-10-8-6-4-2/h31,34H,3-30H2,1-2H3,(H,37,38)/t31-/m0/s1. The predicted molar refractivity (Wildman–Crippen MR) is 178 cm³/mol. The highest BCUT2D eigenvalue weighted by atomic mass is 32.2. The summed E-state index contributed by atoms with van der Waals surface area (Å²) in [5.74, 6) is -0.243. The summed E-state index contributed by atoms with van der Waals surface area (Å²) in [7, 11) is -4.39. The van der Waals surface area contributed by atoms with Crippen molar-refractivity contribution in [2.75, 3.05) is 25.6 Å². The van der Waals surface area contributed by atoms with E-state index in [4.69, 9.17) is 14.4 Å². The van der Waals surface area contributed by atoms with Crippen LogP contribution in [0.1, 0.15) is 168 Å². The molecule has 43 heavy (non-hydrogen) atoms. The van der Waals surface area contributed by atoms with Gasteiger partial charge in [0.05, 0.1) is 19.8 Å². The molecule has 0 bridgehead atoms. The number of rotatable bonds is 33. The van der Waals surface area contributed by atoms with Crippen LogP contribution in [0, 0.1) is 0 Å². The maximum absolute atomic E-state index is 12.5. The van der Waals surface area contributed by atoms with Gasteiger partial charge in [-0.05, 0) is 12.8 Å². The predicted octanol–water partition coefficient (Wildman–Crippen LogP) is 9.69. The van der Waals surface area contributed by atoms with E-state index in [9.17, 15) is 19.0 Å². The lowest BCUT2D eigenvalue weighted by atomic mass is 10.1. The minimum Gasteiger partial charge on any atom is -0.459 e. The number of aliphatic hydroxyl groups is 1. The van der Waals surface area contributed by atoms with Gasteiger partial charge in [-0.25, -0.2) is 4.57 Å². The van der Waals surface area contributed by atoms with Gasteiger partial charge in [-0.15, -0.1) is 0 Å². The summed E-state index contributed by atoms with van der Waals surface area (Å²) < 4.78 is 27.2. The number of thioether (sulfide) groups is 1. The molecule has 0 aromatic carbocycles. The summed E-state index contributed by atoms with van der Waals surface area (Å²) in [4.78, 5) is 34.7. The topological polar surface area (TPSA) is 119 Å². The van der Waals surface area contributed by atoms with Crippen molar-refractivity contribution in [2.24, 2.45) is 0 Å². The van der Waals surface area contributed by atoms with Crippen molar-refractivity contribution in [1.29, 1.82) is 0 Å². The Labute approximate surface area is 267 Å². The number of esters is 1. The van der Waals surface area contributed by atoms with Gasteiger partial charge in [-0.1, -0.05) is 154 Å². The normalized spacial score (nSPS) is 13.6. The molecule has 0 aliphatic carbocycles. The number of ether oxygens (including phenoxy) is 1. The third-order valence-electron chi connectivity index (χ3n) is 7.47. The number of aliphatic hydroxyl groups excluding tert-OH is 1. The van der Waals surface area contributed by atoms with Crippen LogP contribution in [-0.2, 0) is 27.9 Å². The highest BCUT2D eigenvalue weighted by Crippen LogP contribution is 2.43. The van der Waals surface area contributed by atoms with Crippen LogP contribution in [0.4, 0.5) is 0 Å². The van der Waals surface area contributed by atoms with Crippen molar-refractivity contribution >= 4 is 30.7 Å². The minimum atomic E-state index is -4.39. The van der Waals surface area contributed by atoms with E-state index in [1.165, 1.54) is 103 Å². The Kier molecular flexibility index (Phi) is 31.2. The summed E-state index contributed by atoms with van der Waals surface area (Å²) in [5, 5.41) is 8.85. The summed E-state index contributed by atoms with van der Waals surface area (Å²) in [5.41, 5.74) is 0. The van der Waals surface area contributed by atoms with Crippen LogP contribution < -0.4 is 0 Å². The Morgan fingerprint density at radius 1 is 0.651 bits per heavy atom. The van der Waals surface area contributed by atoms with Crippen LogP contribution in [-0.4, -0.2) is 52.8 Å². The third kappa shape index (κ3) is 31.3. The molecule has 256 valence electrons. The molecule has 1 unspecified atom stereocenters. The summed E-state index contributed by atoms with van der Waals surface area (Å²) in [6.45, 7) is 3.34. The van der Waals surface area contributed by atoms with Crippen molar-refractivity contribution in [1.82, 2.24) is 0 Å². The first-order valence-corrected chi connectivity index (χ1v) is 19.9. The van der Waals surface area contributed by atoms with E-state index in [1.807, 2.05) is 0 Å². The van der Waals surface area contributed by atoms with Crippen molar-refractivity contribution in [3.05, 3.63) is 0 Å². The maximum Gasteiger partial charge on any atom is 0.472 e. The number of phosphoric acid groups is 1. The lowest BCUT2D eigenvalue weighted by molar-refractivity contribution is -0.149. The zero-order chi connectivity index (χ0) is 31.9. The van der Waals surface area contributed by atoms with Gasteiger partial charge in [0.25, 0.3) is 0 Å². The molecule has 2 N–H and O–H groups in total. The Morgan fingerprint density at radius 3 is 1.51 bits per heavy atom. The minimum absolute atomic E-state index is 0.0195. The largest absolute Gasteiger partial charge is 0.472 e. The zero-order valence-electron chi connectivity index (χ0n) is 27.6. The number of hydrogen-bond donors (Lipinski definition) is 2. The monoisotopic (exact) mass is 652 g/mol. The van der Waals surface area contributed by atoms with Crippen LogP contribution in [0.5, 0.6) is 0 Å². The summed E-state index contributed by atoms with van der Waals surface area (Å²) in [6, 6.07) is 0. The fourth-order valence-corrected chi connectivity index (χ4v) is 6.42. The smallest absolute Gasteiger partial charge is 0.459 e. The maximum atomic E-state index is 12.5. The molecule has 0 saturated carbocycles. The number of hydrogen-bond acceptors (Lipinski definition) is 8. The zero-order valence-corrected chi connectivity index (χ0v) is 29.3. The van der Waals surface area contributed by atoms with Gasteiger partial charge in [0.15, 0.2) is 5.12 Å². The highest BCUT2D eigenvalue weighted by Gasteiger charge is 2.25. The van der Waals surface area contributed by atoms with Crippen LogP contribution in [0.25, 0.3) is 0 Å². The number of unbranched alkanes of at least 4 members (excludes halogenated alkanes) is 20. The van der Waals surface area contributed by atoms with E-state index in [0.29, 0.717) is 6.42 Å². The molecule has 0 aliphatic heterocycles. The van der Waals surface area contributed by atoms with Gasteiger partial charge >= 0.3 is 13.8 Å². The Morgan fingerprint density at radius 2 is 1.07 bits per heavy atom.